The molecule has 1 saturated carbocycles. The number of nitrogens with one attached hydrogen (secondary N) is 1. The normalized spacial score (nSPS) is 18.4. The highest BCUT2D eigenvalue weighted by molar-refractivity contribution is 5.02. The van der Waals surface area contributed by atoms with E-state index >= 15 is 0 Å². The van der Waals surface area contributed by atoms with Crippen LogP contribution in [0.1, 0.15) is 45.3 Å². The minimum Gasteiger partial charge on any atom is -0.330 e. The van der Waals surface area contributed by atoms with Gasteiger partial charge in [0, 0.05) is 24.8 Å². The molecule has 2 rings (SSSR count). The van der Waals surface area contributed by atoms with Crippen molar-refractivity contribution in [2.75, 3.05) is 0 Å². The van der Waals surface area contributed by atoms with E-state index in [1.54, 1.807) is 0 Å². The van der Waals surface area contributed by atoms with Gasteiger partial charge in [0.15, 0.2) is 0 Å². The highest BCUT2D eigenvalue weighted by atomic mass is 15.1. The minimum absolute atomic E-state index is 0.532. The van der Waals surface area contributed by atoms with Crippen molar-refractivity contribution in [2.24, 2.45) is 5.92 Å². The molecule has 0 aromatic carbocycles. The molecule has 84 valence electrons. The predicted octanol–water partition coefficient (Wildman–Crippen LogP) is 2.35. The molecular weight excluding hydrogens is 186 g/mol. The summed E-state index contributed by atoms with van der Waals surface area (Å²) >= 11 is 0. The second-order valence-electron chi connectivity index (χ2n) is 4.91. The largest absolute Gasteiger partial charge is 0.330 e. The summed E-state index contributed by atoms with van der Waals surface area (Å²) in [6, 6.07) is 1.15. The Hall–Kier alpha value is -0.830. The molecule has 1 aliphatic rings. The number of nitrogens with zero attached hydrogens (tertiary/aromatic N) is 2. The molecule has 1 heterocycles. The number of hydrogen-bond acceptors (Lipinski definition) is 2. The van der Waals surface area contributed by atoms with E-state index in [1.165, 1.54) is 18.5 Å². The molecule has 1 fully saturated rings. The Morgan fingerprint density at radius 2 is 2.20 bits per heavy atom. The summed E-state index contributed by atoms with van der Waals surface area (Å²) in [4.78, 5) is 4.25. The molecule has 3 nitrogen and oxygen atoms in total. The smallest absolute Gasteiger partial charge is 0.0951 e. The Morgan fingerprint density at radius 1 is 1.47 bits per heavy atom. The Labute approximate surface area is 91.9 Å². The lowest BCUT2D eigenvalue weighted by Crippen LogP contribution is -2.24. The van der Waals surface area contributed by atoms with Gasteiger partial charge < -0.3 is 9.88 Å². The third-order valence-corrected chi connectivity index (χ3v) is 3.18. The van der Waals surface area contributed by atoms with Crippen LogP contribution in [-0.2, 0) is 6.54 Å². The van der Waals surface area contributed by atoms with Crippen LogP contribution in [0.5, 0.6) is 0 Å². The van der Waals surface area contributed by atoms with Crippen LogP contribution in [0.3, 0.4) is 0 Å². The fourth-order valence-corrected chi connectivity index (χ4v) is 1.95. The fraction of sp³-hybridized carbons (Fsp3) is 0.750. The first kappa shape index (κ1) is 10.7. The number of imidazole rings is 1. The van der Waals surface area contributed by atoms with E-state index < -0.39 is 0 Å². The van der Waals surface area contributed by atoms with E-state index in [2.05, 4.69) is 35.6 Å². The van der Waals surface area contributed by atoms with Crippen molar-refractivity contribution in [3.05, 3.63) is 18.2 Å². The van der Waals surface area contributed by atoms with Crippen molar-refractivity contribution in [3.8, 4) is 0 Å². The summed E-state index contributed by atoms with van der Waals surface area (Å²) in [6.07, 6.45) is 6.72. The van der Waals surface area contributed by atoms with Gasteiger partial charge in [-0.05, 0) is 25.7 Å². The summed E-state index contributed by atoms with van der Waals surface area (Å²) in [6.45, 7) is 7.57. The Balaban J connectivity index is 2.00. The van der Waals surface area contributed by atoms with Gasteiger partial charge in [-0.25, -0.2) is 4.98 Å². The summed E-state index contributed by atoms with van der Waals surface area (Å²) < 4.78 is 2.33. The average molecular weight is 207 g/mol. The molecule has 0 radical (unpaired) electrons. The second kappa shape index (κ2) is 4.35. The topological polar surface area (TPSA) is 29.9 Å². The van der Waals surface area contributed by atoms with Crippen molar-refractivity contribution in [1.82, 2.24) is 14.9 Å². The van der Waals surface area contributed by atoms with Crippen LogP contribution in [-0.4, -0.2) is 15.6 Å². The van der Waals surface area contributed by atoms with Crippen LogP contribution in [0.15, 0.2) is 12.5 Å². The van der Waals surface area contributed by atoms with Crippen LogP contribution >= 0.6 is 0 Å². The van der Waals surface area contributed by atoms with Gasteiger partial charge in [-0.1, -0.05) is 13.8 Å². The Kier molecular flexibility index (Phi) is 3.10. The van der Waals surface area contributed by atoms with E-state index in [4.69, 9.17) is 0 Å². The molecule has 1 aromatic rings. The maximum absolute atomic E-state index is 4.25. The zero-order valence-corrected chi connectivity index (χ0v) is 9.90. The van der Waals surface area contributed by atoms with Crippen LogP contribution in [0.4, 0.5) is 0 Å². The molecule has 1 aliphatic carbocycles. The first-order valence-electron chi connectivity index (χ1n) is 5.92. The highest BCUT2D eigenvalue weighted by Crippen LogP contribution is 2.39. The number of hydrogen-bond donors (Lipinski definition) is 1. The predicted molar refractivity (Wildman–Crippen MR) is 61.6 cm³/mol. The third kappa shape index (κ3) is 2.59. The van der Waals surface area contributed by atoms with Crippen LogP contribution in [0.25, 0.3) is 0 Å². The van der Waals surface area contributed by atoms with E-state index in [0.29, 0.717) is 12.1 Å². The molecule has 1 unspecified atom stereocenters. The number of rotatable bonds is 5. The van der Waals surface area contributed by atoms with Gasteiger partial charge in [0.05, 0.1) is 12.0 Å². The molecule has 0 amide bonds. The average Bonchev–Trinajstić information content (AvgIpc) is 2.93. The quantitative estimate of drug-likeness (QED) is 0.803. The fourth-order valence-electron chi connectivity index (χ4n) is 1.95. The molecule has 15 heavy (non-hydrogen) atoms. The van der Waals surface area contributed by atoms with E-state index in [1.807, 2.05) is 12.5 Å². The lowest BCUT2D eigenvalue weighted by Gasteiger charge is -2.17. The van der Waals surface area contributed by atoms with Crippen molar-refractivity contribution >= 4 is 0 Å². The van der Waals surface area contributed by atoms with Crippen LogP contribution in [0, 0.1) is 5.92 Å². The molecule has 1 atom stereocenters. The zero-order chi connectivity index (χ0) is 10.8. The van der Waals surface area contributed by atoms with Crippen molar-refractivity contribution in [1.29, 1.82) is 0 Å². The van der Waals surface area contributed by atoms with Gasteiger partial charge in [-0.3, -0.25) is 0 Å². The van der Waals surface area contributed by atoms with Gasteiger partial charge >= 0.3 is 0 Å². The van der Waals surface area contributed by atoms with Crippen molar-refractivity contribution in [2.45, 2.75) is 52.2 Å². The maximum Gasteiger partial charge on any atom is 0.0951 e. The highest BCUT2D eigenvalue weighted by Gasteiger charge is 2.29. The zero-order valence-electron chi connectivity index (χ0n) is 9.90. The first-order chi connectivity index (χ1) is 7.18. The Bertz CT molecular complexity index is 312. The summed E-state index contributed by atoms with van der Waals surface area (Å²) in [5.41, 5.74) is 1.31. The van der Waals surface area contributed by atoms with E-state index in [9.17, 15) is 0 Å². The SMILES string of the molecule is CC(C)NCc1cncn1C(C)C1CC1. The summed E-state index contributed by atoms with van der Waals surface area (Å²) in [7, 11) is 0. The molecule has 1 N–H and O–H groups in total. The van der Waals surface area contributed by atoms with Gasteiger partial charge in [0.1, 0.15) is 0 Å². The molecule has 0 spiro atoms. The first-order valence-corrected chi connectivity index (χ1v) is 5.92. The molecule has 0 aliphatic heterocycles. The lowest BCUT2D eigenvalue weighted by atomic mass is 10.2. The lowest BCUT2D eigenvalue weighted by molar-refractivity contribution is 0.456. The second-order valence-corrected chi connectivity index (χ2v) is 4.91. The van der Waals surface area contributed by atoms with Gasteiger partial charge in [-0.2, -0.15) is 0 Å². The molecule has 0 bridgehead atoms. The van der Waals surface area contributed by atoms with Gasteiger partial charge in [-0.15, -0.1) is 0 Å². The molecule has 1 aromatic heterocycles. The standard InChI is InChI=1S/C12H21N3/c1-9(2)14-7-12-6-13-8-15(12)10(3)11-4-5-11/h6,8-11,14H,4-5,7H2,1-3H3. The van der Waals surface area contributed by atoms with Crippen LogP contribution < -0.4 is 5.32 Å². The van der Waals surface area contributed by atoms with Gasteiger partial charge in [0.25, 0.3) is 0 Å². The third-order valence-electron chi connectivity index (χ3n) is 3.18. The van der Waals surface area contributed by atoms with E-state index in [-0.39, 0.29) is 0 Å². The van der Waals surface area contributed by atoms with Crippen molar-refractivity contribution in [3.63, 3.8) is 0 Å². The molecule has 3 heteroatoms. The maximum atomic E-state index is 4.25. The van der Waals surface area contributed by atoms with Gasteiger partial charge in [0.2, 0.25) is 0 Å². The van der Waals surface area contributed by atoms with Crippen LogP contribution in [0.2, 0.25) is 0 Å². The summed E-state index contributed by atoms with van der Waals surface area (Å²) in [5.74, 6) is 0.886. The van der Waals surface area contributed by atoms with Crippen molar-refractivity contribution < 1.29 is 0 Å². The summed E-state index contributed by atoms with van der Waals surface area (Å²) in [5, 5.41) is 3.44. The molecular formula is C12H21N3. The molecule has 0 saturated heterocycles. The monoisotopic (exact) mass is 207 g/mol. The Morgan fingerprint density at radius 3 is 2.80 bits per heavy atom. The number of aromatic nitrogens is 2. The minimum atomic E-state index is 0.532. The van der Waals surface area contributed by atoms with E-state index in [0.717, 1.165) is 12.5 Å².